The van der Waals surface area contributed by atoms with Gasteiger partial charge in [0.05, 0.1) is 51.1 Å². The number of alkyl halides is 3. The van der Waals surface area contributed by atoms with E-state index >= 15 is 0 Å². The largest absolute Gasteiger partial charge is 0.487 e. The van der Waals surface area contributed by atoms with Crippen LogP contribution in [0.1, 0.15) is 38.5 Å². The zero-order valence-electron chi connectivity index (χ0n) is 18.2. The molecule has 3 aliphatic heterocycles. The van der Waals surface area contributed by atoms with Gasteiger partial charge < -0.3 is 20.3 Å². The first-order valence-electron chi connectivity index (χ1n) is 11.3. The molecule has 0 spiro atoms. The SMILES string of the molecule is NC(=O)C1([NH+]2CCCCC2)CC[NH+]([C@@H]2CC(=O)N(c3ccc(OC(F)(F)Cl)cc3)C2=O)CC1. The molecule has 180 valence electrons. The van der Waals surface area contributed by atoms with Crippen molar-refractivity contribution in [2.75, 3.05) is 31.1 Å². The van der Waals surface area contributed by atoms with Crippen LogP contribution in [0.15, 0.2) is 24.3 Å². The summed E-state index contributed by atoms with van der Waals surface area (Å²) in [5, 5.41) is 0. The van der Waals surface area contributed by atoms with E-state index in [9.17, 15) is 23.2 Å². The minimum atomic E-state index is -3.85. The Bertz CT molecular complexity index is 910. The van der Waals surface area contributed by atoms with Gasteiger partial charge in [-0.05, 0) is 43.5 Å². The number of nitrogens with one attached hydrogen (secondary N) is 2. The Morgan fingerprint density at radius 3 is 2.24 bits per heavy atom. The number of imide groups is 1. The predicted molar refractivity (Wildman–Crippen MR) is 115 cm³/mol. The molecule has 3 fully saturated rings. The maximum atomic E-state index is 13.1. The van der Waals surface area contributed by atoms with Crippen LogP contribution in [0, 0.1) is 0 Å². The number of amides is 3. The molecule has 3 amide bonds. The van der Waals surface area contributed by atoms with Crippen LogP contribution >= 0.6 is 11.6 Å². The molecule has 8 nitrogen and oxygen atoms in total. The van der Waals surface area contributed by atoms with E-state index in [0.29, 0.717) is 31.6 Å². The summed E-state index contributed by atoms with van der Waals surface area (Å²) in [5.74, 6) is -1.14. The molecule has 11 heteroatoms. The normalized spacial score (nSPS) is 29.4. The Kier molecular flexibility index (Phi) is 6.61. The predicted octanol–water partition coefficient (Wildman–Crippen LogP) is -0.542. The summed E-state index contributed by atoms with van der Waals surface area (Å²) in [6.07, 6.45) is 4.57. The van der Waals surface area contributed by atoms with Crippen LogP contribution in [0.25, 0.3) is 0 Å². The monoisotopic (exact) mass is 486 g/mol. The molecule has 3 heterocycles. The Balaban J connectivity index is 1.43. The average Bonchev–Trinajstić information content (AvgIpc) is 3.07. The number of hydrogen-bond acceptors (Lipinski definition) is 4. The van der Waals surface area contributed by atoms with Gasteiger partial charge in [0.15, 0.2) is 11.6 Å². The summed E-state index contributed by atoms with van der Waals surface area (Å²) in [5.41, 5.74) is 1.71. The minimum Gasteiger partial charge on any atom is -0.420 e. The van der Waals surface area contributed by atoms with E-state index in [1.54, 1.807) is 0 Å². The van der Waals surface area contributed by atoms with Crippen molar-refractivity contribution in [2.24, 2.45) is 5.73 Å². The first-order chi connectivity index (χ1) is 15.6. The lowest BCUT2D eigenvalue weighted by Gasteiger charge is -2.44. The molecule has 0 bridgehead atoms. The van der Waals surface area contributed by atoms with Gasteiger partial charge in [-0.1, -0.05) is 0 Å². The molecule has 0 saturated carbocycles. The van der Waals surface area contributed by atoms with Crippen LogP contribution in [0.4, 0.5) is 14.5 Å². The number of benzene rings is 1. The highest BCUT2D eigenvalue weighted by molar-refractivity contribution is 6.22. The molecule has 33 heavy (non-hydrogen) atoms. The molecule has 0 unspecified atom stereocenters. The standard InChI is InChI=1S/C22H27ClF2N4O4/c23-22(24,25)33-16-6-4-15(5-7-16)29-18(30)14-17(19(29)31)27-12-8-21(9-13-27,20(26)32)28-10-2-1-3-11-28/h4-7,17H,1-3,8-14H2,(H2,26,32)/p+2/t17-/m1/s1. The van der Waals surface area contributed by atoms with Gasteiger partial charge in [-0.15, -0.1) is 8.78 Å². The van der Waals surface area contributed by atoms with Crippen LogP contribution in [-0.2, 0) is 14.4 Å². The Morgan fingerprint density at radius 1 is 1.09 bits per heavy atom. The van der Waals surface area contributed by atoms with E-state index in [1.165, 1.54) is 35.6 Å². The van der Waals surface area contributed by atoms with Gasteiger partial charge in [0.25, 0.3) is 11.8 Å². The third-order valence-electron chi connectivity index (χ3n) is 7.32. The maximum Gasteiger partial charge on any atom is 0.487 e. The molecular formula is C22H29ClF2N4O4+2. The fourth-order valence-corrected chi connectivity index (χ4v) is 5.69. The third kappa shape index (κ3) is 4.83. The molecule has 3 aliphatic rings. The van der Waals surface area contributed by atoms with Gasteiger partial charge in [0.1, 0.15) is 5.75 Å². The van der Waals surface area contributed by atoms with Crippen LogP contribution in [0.3, 0.4) is 0 Å². The molecular weight excluding hydrogens is 458 g/mol. The summed E-state index contributed by atoms with van der Waals surface area (Å²) in [6, 6.07) is 4.67. The second-order valence-corrected chi connectivity index (χ2v) is 9.57. The number of nitrogens with zero attached hydrogens (tertiary/aromatic N) is 1. The summed E-state index contributed by atoms with van der Waals surface area (Å²) in [7, 11) is 0. The summed E-state index contributed by atoms with van der Waals surface area (Å²) >= 11 is 4.77. The molecule has 0 aromatic heterocycles. The van der Waals surface area contributed by atoms with Crippen molar-refractivity contribution >= 4 is 35.0 Å². The van der Waals surface area contributed by atoms with Gasteiger partial charge in [-0.3, -0.25) is 14.4 Å². The topological polar surface area (TPSA) is 98.6 Å². The highest BCUT2D eigenvalue weighted by atomic mass is 35.5. The number of rotatable bonds is 6. The number of likely N-dealkylation sites (tertiary alicyclic amines) is 2. The lowest BCUT2D eigenvalue weighted by Crippen LogP contribution is -3.27. The molecule has 0 aliphatic carbocycles. The summed E-state index contributed by atoms with van der Waals surface area (Å²) in [4.78, 5) is 41.6. The van der Waals surface area contributed by atoms with Crippen LogP contribution in [0.5, 0.6) is 5.75 Å². The van der Waals surface area contributed by atoms with Crippen molar-refractivity contribution in [1.29, 1.82) is 0 Å². The molecule has 1 atom stereocenters. The van der Waals surface area contributed by atoms with Gasteiger partial charge in [-0.2, -0.15) is 0 Å². The van der Waals surface area contributed by atoms with Gasteiger partial charge in [0, 0.05) is 11.6 Å². The second-order valence-electron chi connectivity index (χ2n) is 9.13. The number of carbonyl (C=O) groups is 3. The fraction of sp³-hybridized carbons (Fsp3) is 0.591. The molecule has 0 radical (unpaired) electrons. The first kappa shape index (κ1) is 23.8. The van der Waals surface area contributed by atoms with Crippen molar-refractivity contribution in [2.45, 2.75) is 55.7 Å². The zero-order chi connectivity index (χ0) is 23.8. The molecule has 4 N–H and O–H groups in total. The number of nitrogens with two attached hydrogens (primary N) is 1. The zero-order valence-corrected chi connectivity index (χ0v) is 19.0. The highest BCUT2D eigenvalue weighted by Gasteiger charge is 2.54. The van der Waals surface area contributed by atoms with E-state index in [1.807, 2.05) is 0 Å². The van der Waals surface area contributed by atoms with Crippen LogP contribution in [-0.4, -0.2) is 61.0 Å². The summed E-state index contributed by atoms with van der Waals surface area (Å²) < 4.78 is 29.9. The van der Waals surface area contributed by atoms with Crippen molar-refractivity contribution in [3.05, 3.63) is 24.3 Å². The number of ether oxygens (including phenoxy) is 1. The van der Waals surface area contributed by atoms with Gasteiger partial charge in [0.2, 0.25) is 5.91 Å². The number of primary amides is 1. The Morgan fingerprint density at radius 2 is 1.70 bits per heavy atom. The third-order valence-corrected chi connectivity index (χ3v) is 7.40. The lowest BCUT2D eigenvalue weighted by atomic mass is 9.83. The van der Waals surface area contributed by atoms with E-state index in [-0.39, 0.29) is 29.9 Å². The van der Waals surface area contributed by atoms with Gasteiger partial charge in [-0.25, -0.2) is 4.90 Å². The summed E-state index contributed by atoms with van der Waals surface area (Å²) in [6.45, 7) is 3.04. The van der Waals surface area contributed by atoms with Crippen molar-refractivity contribution in [1.82, 2.24) is 0 Å². The number of halogens is 3. The number of anilines is 1. The Hall–Kier alpha value is -2.30. The lowest BCUT2D eigenvalue weighted by molar-refractivity contribution is -0.978. The molecule has 3 saturated heterocycles. The Labute approximate surface area is 195 Å². The molecule has 4 rings (SSSR count). The maximum absolute atomic E-state index is 13.1. The fourth-order valence-electron chi connectivity index (χ4n) is 5.60. The van der Waals surface area contributed by atoms with Crippen molar-refractivity contribution in [3.63, 3.8) is 0 Å². The quantitative estimate of drug-likeness (QED) is 0.371. The van der Waals surface area contributed by atoms with Crippen LogP contribution < -0.4 is 25.2 Å². The van der Waals surface area contributed by atoms with Gasteiger partial charge >= 0.3 is 5.57 Å². The average molecular weight is 487 g/mol. The van der Waals surface area contributed by atoms with Crippen molar-refractivity contribution in [3.8, 4) is 5.75 Å². The molecule has 1 aromatic rings. The number of hydrogen-bond donors (Lipinski definition) is 3. The van der Waals surface area contributed by atoms with E-state index in [2.05, 4.69) is 4.74 Å². The smallest absolute Gasteiger partial charge is 0.420 e. The van der Waals surface area contributed by atoms with Crippen molar-refractivity contribution < 1.29 is 37.7 Å². The number of quaternary nitrogens is 2. The highest BCUT2D eigenvalue weighted by Crippen LogP contribution is 2.29. The second kappa shape index (κ2) is 9.15. The molecule has 1 aromatic carbocycles. The van der Waals surface area contributed by atoms with E-state index in [4.69, 9.17) is 17.3 Å². The minimum absolute atomic E-state index is 0.0618. The van der Waals surface area contributed by atoms with E-state index < -0.39 is 17.1 Å². The number of piperidine rings is 2. The van der Waals surface area contributed by atoms with Crippen LogP contribution in [0.2, 0.25) is 0 Å². The van der Waals surface area contributed by atoms with E-state index in [0.717, 1.165) is 35.7 Å². The number of carbonyl (C=O) groups excluding carboxylic acids is 3. The first-order valence-corrected chi connectivity index (χ1v) is 11.7.